The van der Waals surface area contributed by atoms with Gasteiger partial charge in [0, 0.05) is 12.0 Å². The lowest BCUT2D eigenvalue weighted by atomic mass is 9.85. The van der Waals surface area contributed by atoms with Crippen molar-refractivity contribution in [3.05, 3.63) is 23.9 Å². The van der Waals surface area contributed by atoms with Gasteiger partial charge in [-0.05, 0) is 87.2 Å². The molecule has 9 atom stereocenters. The molecule has 4 amide bonds. The van der Waals surface area contributed by atoms with Crippen LogP contribution in [0.4, 0.5) is 13.6 Å². The molecule has 7 rings (SSSR count). The van der Waals surface area contributed by atoms with E-state index in [1.54, 1.807) is 46.9 Å². The van der Waals surface area contributed by atoms with E-state index in [-0.39, 0.29) is 30.9 Å². The highest BCUT2D eigenvalue weighted by molar-refractivity contribution is 7.91. The summed E-state index contributed by atoms with van der Waals surface area (Å²) in [7, 11) is -2.61. The van der Waals surface area contributed by atoms with Crippen LogP contribution in [0.1, 0.15) is 111 Å². The molecule has 1 unspecified atom stereocenters. The van der Waals surface area contributed by atoms with E-state index >= 15 is 4.79 Å². The van der Waals surface area contributed by atoms with Gasteiger partial charge in [0.25, 0.3) is 5.91 Å². The Balaban J connectivity index is 1.28. The first-order chi connectivity index (χ1) is 28.9. The number of nitrogens with zero attached hydrogens (tertiary/aromatic N) is 3. The molecule has 1 aromatic heterocycles. The van der Waals surface area contributed by atoms with Crippen LogP contribution in [0.5, 0.6) is 11.6 Å². The second-order valence-electron chi connectivity index (χ2n) is 18.7. The van der Waals surface area contributed by atoms with Gasteiger partial charge in [-0.3, -0.25) is 19.1 Å². The Bertz CT molecular complexity index is 2120. The minimum atomic E-state index is -4.15. The molecule has 2 aromatic rings. The third-order valence-corrected chi connectivity index (χ3v) is 15.4. The van der Waals surface area contributed by atoms with Gasteiger partial charge in [-0.1, -0.05) is 53.9 Å². The lowest BCUT2D eigenvalue weighted by Gasteiger charge is -2.36. The van der Waals surface area contributed by atoms with Crippen LogP contribution in [0.15, 0.2) is 18.2 Å². The monoisotopic (exact) mass is 874 g/mol. The summed E-state index contributed by atoms with van der Waals surface area (Å²) in [6.07, 6.45) is 1.88. The number of hydrogen-bond donors (Lipinski definition) is 3. The molecule has 4 fully saturated rings. The largest absolute Gasteiger partial charge is 0.497 e. The number of sulfonamides is 1. The van der Waals surface area contributed by atoms with Gasteiger partial charge in [0.2, 0.25) is 34.1 Å². The van der Waals surface area contributed by atoms with E-state index in [1.165, 1.54) is 4.90 Å². The highest BCUT2D eigenvalue weighted by Crippen LogP contribution is 2.49. The first-order valence-corrected chi connectivity index (χ1v) is 23.4. The average Bonchev–Trinajstić information content (AvgIpc) is 4.12. The maximum atomic E-state index is 15.0. The number of alkyl carbamates (subject to hydrolysis) is 1. The zero-order chi connectivity index (χ0) is 44.0. The van der Waals surface area contributed by atoms with Crippen molar-refractivity contribution < 1.29 is 50.6 Å². The molecule has 3 heterocycles. The fourth-order valence-electron chi connectivity index (χ4n) is 9.80. The Morgan fingerprint density at radius 1 is 1.00 bits per heavy atom. The predicted molar refractivity (Wildman–Crippen MR) is 220 cm³/mol. The Morgan fingerprint density at radius 2 is 1.75 bits per heavy atom. The second kappa shape index (κ2) is 17.4. The van der Waals surface area contributed by atoms with Crippen LogP contribution in [-0.2, 0) is 35.6 Å². The number of amides is 4. The SMILES string of the molecule is CC[C@H]1CC[C@H]2OC(=O)N[C@@H](C(C)(C)C)C(=O)N3C[C@H](Oc4nc5cc(OC)ccc5nc4CCCCC[C@H]12)[C@@H](CC)[C@H]3C(=O)N[C@]1(C(=O)NS(=O)(=O)C2CC2)CC1C(F)F. The number of halogens is 2. The summed E-state index contributed by atoms with van der Waals surface area (Å²) in [5.41, 5.74) is -1.42. The smallest absolute Gasteiger partial charge is 0.408 e. The molecule has 3 N–H and O–H groups in total. The molecule has 0 radical (unpaired) electrons. The number of ether oxygens (including phenoxy) is 3. The van der Waals surface area contributed by atoms with Crippen molar-refractivity contribution in [2.45, 2.75) is 153 Å². The maximum Gasteiger partial charge on any atom is 0.408 e. The van der Waals surface area contributed by atoms with E-state index in [2.05, 4.69) is 17.6 Å². The van der Waals surface area contributed by atoms with Gasteiger partial charge in [-0.15, -0.1) is 0 Å². The molecule has 5 aliphatic rings. The van der Waals surface area contributed by atoms with E-state index in [9.17, 15) is 31.6 Å². The number of fused-ring (bicyclic) bond motifs is 5. The topological polar surface area (TPSA) is 195 Å². The third-order valence-electron chi connectivity index (χ3n) is 13.6. The van der Waals surface area contributed by atoms with Crippen LogP contribution < -0.4 is 24.8 Å². The van der Waals surface area contributed by atoms with Crippen molar-refractivity contribution in [1.82, 2.24) is 30.2 Å². The Hall–Kier alpha value is -4.35. The molecule has 2 bridgehead atoms. The number of benzene rings is 1. The lowest BCUT2D eigenvalue weighted by Crippen LogP contribution is -2.61. The van der Waals surface area contributed by atoms with Gasteiger partial charge in [0.05, 0.1) is 35.9 Å². The number of nitrogens with one attached hydrogen (secondary N) is 3. The Labute approximate surface area is 356 Å². The molecular formula is C43H60F2N6O9S. The second-order valence-corrected chi connectivity index (χ2v) is 20.6. The van der Waals surface area contributed by atoms with Crippen LogP contribution >= 0.6 is 0 Å². The number of alkyl halides is 2. The van der Waals surface area contributed by atoms with Crippen molar-refractivity contribution in [3.8, 4) is 11.6 Å². The summed E-state index contributed by atoms with van der Waals surface area (Å²) in [5, 5.41) is 4.54. The molecule has 18 heteroatoms. The van der Waals surface area contributed by atoms with Gasteiger partial charge >= 0.3 is 6.09 Å². The molecule has 3 saturated carbocycles. The number of carbonyl (C=O) groups is 4. The van der Waals surface area contributed by atoms with E-state index in [0.717, 1.165) is 38.5 Å². The zero-order valence-corrected chi connectivity index (χ0v) is 36.7. The summed E-state index contributed by atoms with van der Waals surface area (Å²) in [6, 6.07) is 2.74. The molecule has 15 nitrogen and oxygen atoms in total. The minimum absolute atomic E-state index is 0.147. The van der Waals surface area contributed by atoms with Crippen molar-refractivity contribution in [3.63, 3.8) is 0 Å². The number of aromatic nitrogens is 2. The molecule has 1 aromatic carbocycles. The van der Waals surface area contributed by atoms with Crippen LogP contribution in [0.3, 0.4) is 0 Å². The van der Waals surface area contributed by atoms with Crippen LogP contribution in [-0.4, -0.2) is 102 Å². The number of methoxy groups -OCH3 is 1. The molecule has 1 saturated heterocycles. The highest BCUT2D eigenvalue weighted by atomic mass is 32.2. The fraction of sp³-hybridized carbons (Fsp3) is 0.721. The van der Waals surface area contributed by atoms with Gasteiger partial charge in [-0.25, -0.2) is 32.0 Å². The third kappa shape index (κ3) is 9.24. The molecule has 61 heavy (non-hydrogen) atoms. The summed E-state index contributed by atoms with van der Waals surface area (Å²) >= 11 is 0. The number of hydrogen-bond acceptors (Lipinski definition) is 11. The van der Waals surface area contributed by atoms with E-state index in [4.69, 9.17) is 24.2 Å². The van der Waals surface area contributed by atoms with E-state index in [1.807, 2.05) is 10.8 Å². The van der Waals surface area contributed by atoms with Crippen LogP contribution in [0.25, 0.3) is 11.0 Å². The molecular weight excluding hydrogens is 815 g/mol. The zero-order valence-electron chi connectivity index (χ0n) is 35.9. The molecule has 336 valence electrons. The highest BCUT2D eigenvalue weighted by Gasteiger charge is 2.67. The number of aryl methyl sites for hydroxylation is 1. The fourth-order valence-corrected chi connectivity index (χ4v) is 11.2. The van der Waals surface area contributed by atoms with Crippen molar-refractivity contribution in [2.24, 2.45) is 29.1 Å². The Kier molecular flexibility index (Phi) is 12.8. The van der Waals surface area contributed by atoms with Crippen molar-refractivity contribution in [1.29, 1.82) is 0 Å². The summed E-state index contributed by atoms with van der Waals surface area (Å²) in [6.45, 7) is 9.07. The first-order valence-electron chi connectivity index (χ1n) is 21.9. The van der Waals surface area contributed by atoms with Gasteiger partial charge in [0.1, 0.15) is 41.3 Å². The van der Waals surface area contributed by atoms with Crippen molar-refractivity contribution in [2.75, 3.05) is 13.7 Å². The normalized spacial score (nSPS) is 31.2. The maximum absolute atomic E-state index is 15.0. The number of carbonyl (C=O) groups excluding carboxylic acids is 4. The number of rotatable bonds is 9. The van der Waals surface area contributed by atoms with Crippen molar-refractivity contribution >= 4 is 44.9 Å². The van der Waals surface area contributed by atoms with Gasteiger partial charge in [-0.2, -0.15) is 0 Å². The van der Waals surface area contributed by atoms with Crippen LogP contribution in [0, 0.1) is 29.1 Å². The standard InChI is InChI=1S/C43H60F2N6O9S/c1-7-23-14-19-32-27(23)12-10-9-11-13-30-38(47-31-20-24(58-6)15-18-29(31)46-30)59-33-22-51(39(53)35(42(3,4)5)48-41(55)60-32)34(26(33)8-2)37(52)49-43(21-28(43)36(44)45)40(54)50-61(56,57)25-16-17-25/h15,18,20,23,25-28,32-36H,7-14,16-17,19,21-22H2,1-6H3,(H,48,55)(H,49,52)(H,50,54)/t23-,26+,27+,28?,32+,33-,34-,35+,43+/m0/s1. The summed E-state index contributed by atoms with van der Waals surface area (Å²) in [4.78, 5) is 68.4. The predicted octanol–water partition coefficient (Wildman–Crippen LogP) is 5.43. The minimum Gasteiger partial charge on any atom is -0.497 e. The van der Waals surface area contributed by atoms with Gasteiger partial charge < -0.3 is 29.7 Å². The van der Waals surface area contributed by atoms with E-state index in [0.29, 0.717) is 54.1 Å². The molecule has 2 aliphatic heterocycles. The summed E-state index contributed by atoms with van der Waals surface area (Å²) in [5.74, 6) is -3.95. The Morgan fingerprint density at radius 3 is 2.39 bits per heavy atom. The quantitative estimate of drug-likeness (QED) is 0.291. The average molecular weight is 875 g/mol. The molecule has 0 spiro atoms. The van der Waals surface area contributed by atoms with E-state index < -0.39 is 92.9 Å². The lowest BCUT2D eigenvalue weighted by molar-refractivity contribution is -0.144. The molecule has 3 aliphatic carbocycles. The summed E-state index contributed by atoms with van der Waals surface area (Å²) < 4.78 is 74.6. The van der Waals surface area contributed by atoms with Gasteiger partial charge in [0.15, 0.2) is 0 Å². The van der Waals surface area contributed by atoms with Crippen LogP contribution in [0.2, 0.25) is 0 Å². The first kappa shape index (κ1) is 44.7.